The maximum absolute atomic E-state index is 5.12. The van der Waals surface area contributed by atoms with Crippen LogP contribution < -0.4 is 0 Å². The zero-order valence-electron chi connectivity index (χ0n) is 5.59. The van der Waals surface area contributed by atoms with E-state index in [0.717, 1.165) is 13.1 Å². The Hall–Kier alpha value is 0.620. The smallest absolute Gasteiger partial charge is 0.0627 e. The van der Waals surface area contributed by atoms with E-state index in [1.165, 1.54) is 0 Å². The van der Waals surface area contributed by atoms with Gasteiger partial charge in [0.15, 0.2) is 0 Å². The first-order valence-corrected chi connectivity index (χ1v) is 4.04. The third-order valence-corrected chi connectivity index (χ3v) is 2.98. The molecule has 0 unspecified atom stereocenters. The van der Waals surface area contributed by atoms with Crippen LogP contribution in [0.4, 0.5) is 0 Å². The van der Waals surface area contributed by atoms with Crippen molar-refractivity contribution >= 4 is 42.0 Å². The average Bonchev–Trinajstić information content (AvgIpc) is 1.86. The Labute approximate surface area is 73.0 Å². The quantitative estimate of drug-likeness (QED) is 0.355. The second-order valence-electron chi connectivity index (χ2n) is 1.79. The number of thiocarbonyl (C=S) groups is 1. The summed E-state index contributed by atoms with van der Waals surface area (Å²) in [5.74, 6) is 0. The number of nitrogens with zero attached hydrogens (tertiary/aromatic N) is 1. The first-order valence-electron chi connectivity index (χ1n) is 2.86. The summed E-state index contributed by atoms with van der Waals surface area (Å²) < 4.78 is 0.806. The van der Waals surface area contributed by atoms with E-state index in [9.17, 15) is 0 Å². The summed E-state index contributed by atoms with van der Waals surface area (Å²) in [6, 6.07) is 0. The van der Waals surface area contributed by atoms with Crippen LogP contribution in [0.15, 0.2) is 0 Å². The van der Waals surface area contributed by atoms with E-state index < -0.39 is 0 Å². The topological polar surface area (TPSA) is 0 Å². The lowest BCUT2D eigenvalue weighted by molar-refractivity contribution is -0.685. The van der Waals surface area contributed by atoms with Crippen LogP contribution in [0.5, 0.6) is 0 Å². The van der Waals surface area contributed by atoms with Crippen molar-refractivity contribution in [2.24, 2.45) is 0 Å². The number of rotatable bonds is 2. The van der Waals surface area contributed by atoms with E-state index in [1.54, 1.807) is 0 Å². The molecule has 0 radical (unpaired) electrons. The van der Waals surface area contributed by atoms with Crippen molar-refractivity contribution in [1.29, 1.82) is 0 Å². The Morgan fingerprint density at radius 3 is 1.78 bits per heavy atom. The van der Waals surface area contributed by atoms with E-state index in [4.69, 9.17) is 37.7 Å². The van der Waals surface area contributed by atoms with Gasteiger partial charge in [-0.3, -0.25) is 0 Å². The van der Waals surface area contributed by atoms with Gasteiger partial charge in [-0.25, -0.2) is 0 Å². The first-order chi connectivity index (χ1) is 4.06. The van der Waals surface area contributed by atoms with Crippen LogP contribution in [-0.2, 0) is 25.4 Å². The van der Waals surface area contributed by atoms with E-state index in [-0.39, 0.29) is 0 Å². The lowest BCUT2D eigenvalue weighted by Gasteiger charge is -2.45. The Morgan fingerprint density at radius 2 is 1.78 bits per heavy atom. The van der Waals surface area contributed by atoms with Crippen LogP contribution >= 0.6 is 12.2 Å². The first kappa shape index (κ1) is 9.62. The van der Waals surface area contributed by atoms with Crippen LogP contribution in [0.1, 0.15) is 13.8 Å². The highest BCUT2D eigenvalue weighted by atomic mass is 32.1. The fourth-order valence-electron chi connectivity index (χ4n) is 0.482. The van der Waals surface area contributed by atoms with Gasteiger partial charge in [-0.05, 0) is 13.8 Å². The van der Waals surface area contributed by atoms with Crippen LogP contribution in [0.3, 0.4) is 0 Å². The highest BCUT2D eigenvalue weighted by Crippen LogP contribution is 2.03. The normalized spacial score (nSPS) is 11.4. The number of hydrogen-bond donors (Lipinski definition) is 0. The highest BCUT2D eigenvalue weighted by molar-refractivity contribution is 8.00. The maximum atomic E-state index is 5.12. The Bertz CT molecular complexity index is 109. The van der Waals surface area contributed by atoms with Crippen molar-refractivity contribution < 1.29 is 3.89 Å². The van der Waals surface area contributed by atoms with Crippen molar-refractivity contribution in [3.8, 4) is 0 Å². The molecule has 0 fully saturated rings. The Balaban J connectivity index is 4.09. The van der Waals surface area contributed by atoms with Crippen molar-refractivity contribution in [3.63, 3.8) is 0 Å². The molecule has 0 amide bonds. The summed E-state index contributed by atoms with van der Waals surface area (Å²) in [4.78, 5) is 0. The van der Waals surface area contributed by atoms with Gasteiger partial charge in [-0.1, -0.05) is 0 Å². The third kappa shape index (κ3) is 2.37. The van der Waals surface area contributed by atoms with Crippen molar-refractivity contribution in [1.82, 2.24) is 0 Å². The van der Waals surface area contributed by atoms with Gasteiger partial charge in [0, 0.05) is 4.32 Å². The van der Waals surface area contributed by atoms with Crippen LogP contribution in [-0.4, -0.2) is 21.3 Å². The molecule has 0 atom stereocenters. The molecule has 0 heterocycles. The molecule has 0 aliphatic carbocycles. The van der Waals surface area contributed by atoms with Gasteiger partial charge >= 0.3 is 0 Å². The van der Waals surface area contributed by atoms with Gasteiger partial charge in [0.1, 0.15) is 0 Å². The second-order valence-corrected chi connectivity index (χ2v) is 3.52. The fourth-order valence-corrected chi connectivity index (χ4v) is 0.998. The van der Waals surface area contributed by atoms with Gasteiger partial charge in [0.25, 0.3) is 0 Å². The molecule has 0 aromatic carbocycles. The van der Waals surface area contributed by atoms with E-state index in [1.807, 2.05) is 13.8 Å². The molecule has 0 aromatic heterocycles. The predicted molar refractivity (Wildman–Crippen MR) is 48.7 cm³/mol. The summed E-state index contributed by atoms with van der Waals surface area (Å²) in [5.41, 5.74) is 0. The average molecular weight is 180 g/mol. The molecule has 0 aliphatic heterocycles. The van der Waals surface area contributed by atoms with Crippen LogP contribution in [0.25, 0.3) is 0 Å². The molecular weight excluding hydrogens is 170 g/mol. The highest BCUT2D eigenvalue weighted by Gasteiger charge is 2.04. The predicted octanol–water partition coefficient (Wildman–Crippen LogP) is 1.14. The molecule has 0 N–H and O–H groups in total. The van der Waals surface area contributed by atoms with Gasteiger partial charge in [-0.2, -0.15) is 0 Å². The van der Waals surface area contributed by atoms with E-state index >= 15 is 0 Å². The summed E-state index contributed by atoms with van der Waals surface area (Å²) in [5, 5.41) is 0. The molecule has 0 aromatic rings. The second kappa shape index (κ2) is 3.71. The summed E-state index contributed by atoms with van der Waals surface area (Å²) in [7, 11) is 0. The standard InChI is InChI=1S/C5H11NS3/c1-3-6(9,4-2)5(7)8/h3-4H2,1-2H3,(H,7,8)/p-1. The zero-order valence-corrected chi connectivity index (χ0v) is 8.04. The molecule has 4 heteroatoms. The Kier molecular flexibility index (Phi) is 3.96. The van der Waals surface area contributed by atoms with E-state index in [0.29, 0.717) is 8.21 Å². The summed E-state index contributed by atoms with van der Waals surface area (Å²) in [6.07, 6.45) is 0. The molecular formula is C5H10NS3-. The van der Waals surface area contributed by atoms with Crippen LogP contribution in [0.2, 0.25) is 0 Å². The van der Waals surface area contributed by atoms with Crippen molar-refractivity contribution in [2.45, 2.75) is 13.8 Å². The van der Waals surface area contributed by atoms with Gasteiger partial charge in [0.05, 0.1) is 13.1 Å². The molecule has 0 bridgehead atoms. The van der Waals surface area contributed by atoms with Crippen molar-refractivity contribution in [3.05, 3.63) is 0 Å². The monoisotopic (exact) mass is 180 g/mol. The molecule has 0 spiro atoms. The van der Waals surface area contributed by atoms with Crippen molar-refractivity contribution in [2.75, 3.05) is 13.1 Å². The molecule has 0 saturated heterocycles. The minimum atomic E-state index is 0.324. The van der Waals surface area contributed by atoms with Gasteiger partial charge in [-0.15, -0.1) is 0 Å². The third-order valence-electron chi connectivity index (χ3n) is 1.35. The summed E-state index contributed by atoms with van der Waals surface area (Å²) in [6.45, 7) is 5.62. The zero-order chi connectivity index (χ0) is 7.49. The SMILES string of the molecule is CC[N+]([S-])(CC)C(=S)[S-]. The van der Waals surface area contributed by atoms with Gasteiger partial charge < -0.3 is 41.5 Å². The number of quaternary nitrogens is 1. The fraction of sp³-hybridized carbons (Fsp3) is 0.800. The van der Waals surface area contributed by atoms with Gasteiger partial charge in [0.2, 0.25) is 0 Å². The lowest BCUT2D eigenvalue weighted by Crippen LogP contribution is -2.45. The maximum Gasteiger partial charge on any atom is 0.0627 e. The largest absolute Gasteiger partial charge is 0.489 e. The molecule has 0 saturated carbocycles. The molecule has 9 heavy (non-hydrogen) atoms. The molecule has 1 nitrogen and oxygen atoms in total. The minimum Gasteiger partial charge on any atom is -0.489 e. The molecule has 0 aliphatic rings. The molecule has 0 rings (SSSR count). The van der Waals surface area contributed by atoms with E-state index in [2.05, 4.69) is 0 Å². The summed E-state index contributed by atoms with van der Waals surface area (Å²) >= 11 is 14.7. The Morgan fingerprint density at radius 1 is 1.44 bits per heavy atom. The van der Waals surface area contributed by atoms with Crippen LogP contribution in [0, 0.1) is 0 Å². The number of hydrogen-bond acceptors (Lipinski definition) is 3. The molecule has 54 valence electrons. The minimum absolute atomic E-state index is 0.324. The lowest BCUT2D eigenvalue weighted by atomic mass is 10.6.